The highest BCUT2D eigenvalue weighted by Gasteiger charge is 2.08. The van der Waals surface area contributed by atoms with Crippen molar-refractivity contribution >= 4 is 27.7 Å². The fourth-order valence-electron chi connectivity index (χ4n) is 1.25. The van der Waals surface area contributed by atoms with Crippen LogP contribution in [0.3, 0.4) is 0 Å². The Morgan fingerprint density at radius 3 is 2.24 bits per heavy atom. The predicted molar refractivity (Wildman–Crippen MR) is 73.5 cm³/mol. The molecule has 0 bridgehead atoms. The van der Waals surface area contributed by atoms with E-state index in [0.29, 0.717) is 19.2 Å². The number of hydrogen-bond acceptors (Lipinski definition) is 4. The molecule has 1 rings (SSSR count). The average Bonchev–Trinajstić information content (AvgIpc) is 2.32. The van der Waals surface area contributed by atoms with Gasteiger partial charge in [0.2, 0.25) is 0 Å². The van der Waals surface area contributed by atoms with E-state index in [2.05, 4.69) is 28.1 Å². The van der Waals surface area contributed by atoms with Gasteiger partial charge in [-0.05, 0) is 24.3 Å². The second-order valence-corrected chi connectivity index (χ2v) is 5.33. The summed E-state index contributed by atoms with van der Waals surface area (Å²) in [6, 6.07) is 8.15. The van der Waals surface area contributed by atoms with E-state index in [4.69, 9.17) is 14.2 Å². The van der Waals surface area contributed by atoms with Gasteiger partial charge in [0.1, 0.15) is 6.10 Å². The predicted octanol–water partition coefficient (Wildman–Crippen LogP) is 3.18. The normalized spacial score (nSPS) is 11.1. The molecule has 96 valence electrons. The molecular weight excluding hydrogens is 304 g/mol. The fourth-order valence-corrected chi connectivity index (χ4v) is 2.23. The summed E-state index contributed by atoms with van der Waals surface area (Å²) in [5.74, 6) is 0.596. The first-order valence-corrected chi connectivity index (χ1v) is 7.02. The quantitative estimate of drug-likeness (QED) is 0.543. The third-order valence-electron chi connectivity index (χ3n) is 2.05. The zero-order valence-electron chi connectivity index (χ0n) is 10.0. The van der Waals surface area contributed by atoms with Crippen molar-refractivity contribution in [1.29, 1.82) is 0 Å². The van der Waals surface area contributed by atoms with Crippen LogP contribution in [-0.4, -0.2) is 39.5 Å². The topological polar surface area (TPSA) is 27.7 Å². The highest BCUT2D eigenvalue weighted by molar-refractivity contribution is 9.10. The largest absolute Gasteiger partial charge is 0.382 e. The molecule has 0 aliphatic heterocycles. The monoisotopic (exact) mass is 320 g/mol. The highest BCUT2D eigenvalue weighted by atomic mass is 79.9. The summed E-state index contributed by atoms with van der Waals surface area (Å²) < 4.78 is 16.9. The van der Waals surface area contributed by atoms with E-state index >= 15 is 0 Å². The van der Waals surface area contributed by atoms with Crippen LogP contribution >= 0.6 is 27.7 Å². The minimum Gasteiger partial charge on any atom is -0.382 e. The van der Waals surface area contributed by atoms with Crippen LogP contribution in [0.1, 0.15) is 0 Å². The maximum atomic E-state index is 5.66. The van der Waals surface area contributed by atoms with Crippen LogP contribution in [-0.2, 0) is 14.2 Å². The van der Waals surface area contributed by atoms with Gasteiger partial charge in [-0.1, -0.05) is 27.7 Å². The molecule has 0 N–H and O–H groups in total. The summed E-state index contributed by atoms with van der Waals surface area (Å²) in [6.07, 6.45) is -0.00653. The number of halogens is 1. The number of hydrogen-bond donors (Lipinski definition) is 0. The SMILES string of the molecule is COCC(COC)OCSc1ccc(Br)cc1. The summed E-state index contributed by atoms with van der Waals surface area (Å²) in [6.45, 7) is 1.10. The van der Waals surface area contributed by atoms with E-state index in [1.165, 1.54) is 4.90 Å². The van der Waals surface area contributed by atoms with Crippen molar-refractivity contribution in [3.8, 4) is 0 Å². The van der Waals surface area contributed by atoms with Crippen LogP contribution in [0.15, 0.2) is 33.6 Å². The number of benzene rings is 1. The first kappa shape index (κ1) is 15.0. The Hall–Kier alpha value is -0.0700. The summed E-state index contributed by atoms with van der Waals surface area (Å²) in [7, 11) is 3.32. The minimum atomic E-state index is -0.00653. The smallest absolute Gasteiger partial charge is 0.105 e. The van der Waals surface area contributed by atoms with Gasteiger partial charge in [-0.3, -0.25) is 0 Å². The molecule has 0 atom stereocenters. The van der Waals surface area contributed by atoms with Crippen LogP contribution in [0.25, 0.3) is 0 Å². The lowest BCUT2D eigenvalue weighted by molar-refractivity contribution is -0.0236. The standard InChI is InChI=1S/C12H17BrO3S/c1-14-7-11(8-15-2)16-9-17-12-5-3-10(13)4-6-12/h3-6,11H,7-9H2,1-2H3. The first-order chi connectivity index (χ1) is 8.26. The lowest BCUT2D eigenvalue weighted by Gasteiger charge is -2.15. The Labute approximate surface area is 115 Å². The van der Waals surface area contributed by atoms with Crippen LogP contribution in [0.4, 0.5) is 0 Å². The Morgan fingerprint density at radius 1 is 1.12 bits per heavy atom. The summed E-state index contributed by atoms with van der Waals surface area (Å²) in [4.78, 5) is 1.18. The van der Waals surface area contributed by atoms with Crippen molar-refractivity contribution in [3.63, 3.8) is 0 Å². The van der Waals surface area contributed by atoms with Crippen molar-refractivity contribution in [2.24, 2.45) is 0 Å². The zero-order chi connectivity index (χ0) is 12.5. The van der Waals surface area contributed by atoms with Gasteiger partial charge in [-0.2, -0.15) is 0 Å². The lowest BCUT2D eigenvalue weighted by atomic mass is 10.4. The zero-order valence-corrected chi connectivity index (χ0v) is 12.4. The lowest BCUT2D eigenvalue weighted by Crippen LogP contribution is -2.24. The van der Waals surface area contributed by atoms with Gasteiger partial charge in [-0.15, -0.1) is 0 Å². The molecule has 0 fully saturated rings. The molecule has 3 nitrogen and oxygen atoms in total. The van der Waals surface area contributed by atoms with Gasteiger partial charge >= 0.3 is 0 Å². The molecule has 1 aromatic rings. The van der Waals surface area contributed by atoms with Gasteiger partial charge in [0.15, 0.2) is 0 Å². The maximum Gasteiger partial charge on any atom is 0.105 e. The van der Waals surface area contributed by atoms with E-state index < -0.39 is 0 Å². The molecular formula is C12H17BrO3S. The molecule has 0 spiro atoms. The van der Waals surface area contributed by atoms with Crippen molar-refractivity contribution in [1.82, 2.24) is 0 Å². The van der Waals surface area contributed by atoms with Crippen molar-refractivity contribution < 1.29 is 14.2 Å². The van der Waals surface area contributed by atoms with Gasteiger partial charge < -0.3 is 14.2 Å². The molecule has 0 radical (unpaired) electrons. The molecule has 0 aromatic heterocycles. The molecule has 0 aliphatic rings. The third kappa shape index (κ3) is 6.43. The van der Waals surface area contributed by atoms with E-state index in [0.717, 1.165) is 4.47 Å². The number of rotatable bonds is 8. The van der Waals surface area contributed by atoms with E-state index in [1.54, 1.807) is 26.0 Å². The molecule has 0 aliphatic carbocycles. The van der Waals surface area contributed by atoms with Crippen molar-refractivity contribution in [3.05, 3.63) is 28.7 Å². The maximum absolute atomic E-state index is 5.66. The van der Waals surface area contributed by atoms with E-state index in [9.17, 15) is 0 Å². The number of thioether (sulfide) groups is 1. The Morgan fingerprint density at radius 2 is 1.71 bits per heavy atom. The van der Waals surface area contributed by atoms with Crippen LogP contribution in [0.5, 0.6) is 0 Å². The second-order valence-electron chi connectivity index (χ2n) is 3.42. The van der Waals surface area contributed by atoms with Crippen molar-refractivity contribution in [2.75, 3.05) is 33.4 Å². The Balaban J connectivity index is 2.27. The molecule has 0 heterocycles. The number of ether oxygens (including phenoxy) is 3. The minimum absolute atomic E-state index is 0.00653. The van der Waals surface area contributed by atoms with Crippen molar-refractivity contribution in [2.45, 2.75) is 11.0 Å². The van der Waals surface area contributed by atoms with Crippen LogP contribution in [0, 0.1) is 0 Å². The molecule has 5 heteroatoms. The van der Waals surface area contributed by atoms with Crippen LogP contribution in [0.2, 0.25) is 0 Å². The van der Waals surface area contributed by atoms with Gasteiger partial charge in [0, 0.05) is 23.6 Å². The number of methoxy groups -OCH3 is 2. The summed E-state index contributed by atoms with van der Waals surface area (Å²) in [5.41, 5.74) is 0. The molecule has 17 heavy (non-hydrogen) atoms. The Bertz CT molecular complexity index is 299. The van der Waals surface area contributed by atoms with E-state index in [-0.39, 0.29) is 6.10 Å². The molecule has 0 amide bonds. The third-order valence-corrected chi connectivity index (χ3v) is 3.44. The fraction of sp³-hybridized carbons (Fsp3) is 0.500. The average molecular weight is 321 g/mol. The summed E-state index contributed by atoms with van der Waals surface area (Å²) >= 11 is 5.06. The molecule has 0 unspecified atom stereocenters. The van der Waals surface area contributed by atoms with Crippen LogP contribution < -0.4 is 0 Å². The Kier molecular flexibility index (Phi) is 7.88. The molecule has 0 saturated carbocycles. The highest BCUT2D eigenvalue weighted by Crippen LogP contribution is 2.21. The first-order valence-electron chi connectivity index (χ1n) is 5.24. The summed E-state index contributed by atoms with van der Waals surface area (Å²) in [5, 5.41) is 0. The molecule has 0 saturated heterocycles. The molecule has 1 aromatic carbocycles. The second kappa shape index (κ2) is 8.94. The van der Waals surface area contributed by atoms with Gasteiger partial charge in [0.05, 0.1) is 19.2 Å². The van der Waals surface area contributed by atoms with Gasteiger partial charge in [-0.25, -0.2) is 0 Å². The van der Waals surface area contributed by atoms with E-state index in [1.807, 2.05) is 12.1 Å². The van der Waals surface area contributed by atoms with Gasteiger partial charge in [0.25, 0.3) is 0 Å².